The second-order valence-corrected chi connectivity index (χ2v) is 7.41. The second-order valence-electron chi connectivity index (χ2n) is 7.41. The number of rotatable bonds is 12. The van der Waals surface area contributed by atoms with Gasteiger partial charge < -0.3 is 42.7 Å². The zero-order valence-electron chi connectivity index (χ0n) is 16.6. The number of aliphatic hydroxyl groups is 1. The Kier molecular flexibility index (Phi) is 8.66. The highest BCUT2D eigenvalue weighted by molar-refractivity contribution is 5.81. The van der Waals surface area contributed by atoms with Crippen molar-refractivity contribution in [3.63, 3.8) is 0 Å². The lowest BCUT2D eigenvalue weighted by molar-refractivity contribution is -0.704. The molecule has 0 aromatic carbocycles. The van der Waals surface area contributed by atoms with E-state index in [0.717, 1.165) is 0 Å². The largest absolute Gasteiger partial charge is 0.502 e. The highest BCUT2D eigenvalue weighted by atomic mass is 16.4. The molecular weight excluding hydrogens is 400 g/mol. The molecule has 4 atom stereocenters. The number of nitrogens with zero attached hydrogens (tertiary/aromatic N) is 1. The number of carboxylic acids is 3. The summed E-state index contributed by atoms with van der Waals surface area (Å²) in [4.78, 5) is 33.3. The van der Waals surface area contributed by atoms with Crippen molar-refractivity contribution in [1.82, 2.24) is 0 Å². The van der Waals surface area contributed by atoms with Crippen LogP contribution in [0, 0.1) is 0 Å². The zero-order valence-corrected chi connectivity index (χ0v) is 16.6. The number of hydrogen-bond acceptors (Lipinski definition) is 8. The van der Waals surface area contributed by atoms with E-state index in [1.165, 1.54) is 23.9 Å². The Bertz CT molecular complexity index is 799. The highest BCUT2D eigenvalue weighted by Gasteiger charge is 2.37. The number of aliphatic carboxylic acids is 3. The highest BCUT2D eigenvalue weighted by Crippen LogP contribution is 2.30. The van der Waals surface area contributed by atoms with Crippen LogP contribution in [0.5, 0.6) is 5.75 Å². The molecule has 0 bridgehead atoms. The average molecular weight is 429 g/mol. The van der Waals surface area contributed by atoms with E-state index in [9.17, 15) is 29.7 Å². The van der Waals surface area contributed by atoms with Crippen LogP contribution >= 0.6 is 0 Å². The van der Waals surface area contributed by atoms with Crippen molar-refractivity contribution < 1.29 is 44.5 Å². The van der Waals surface area contributed by atoms with Gasteiger partial charge in [-0.1, -0.05) is 0 Å². The fourth-order valence-corrected chi connectivity index (χ4v) is 2.95. The number of carboxylic acid groups (broad SMARTS) is 3. The zero-order chi connectivity index (χ0) is 23.2. The van der Waals surface area contributed by atoms with Crippen LogP contribution in [0.25, 0.3) is 0 Å². The van der Waals surface area contributed by atoms with E-state index in [4.69, 9.17) is 27.4 Å². The Labute approximate surface area is 172 Å². The molecule has 30 heavy (non-hydrogen) atoms. The third-order valence-corrected chi connectivity index (χ3v) is 4.74. The first-order valence-corrected chi connectivity index (χ1v) is 9.19. The van der Waals surface area contributed by atoms with Crippen molar-refractivity contribution in [2.45, 2.75) is 62.9 Å². The summed E-state index contributed by atoms with van der Waals surface area (Å²) in [5.74, 6) is -4.27. The SMILES string of the molecule is CC(N)(C(=O)O)c1c(O)c[n+](CC(O)CCC(N)C(=O)O)cc1CCC(N)C(=O)O. The molecule has 1 rings (SSSR count). The van der Waals surface area contributed by atoms with Gasteiger partial charge in [0.15, 0.2) is 18.5 Å². The van der Waals surface area contributed by atoms with E-state index in [0.29, 0.717) is 0 Å². The average Bonchev–Trinajstić information content (AvgIpc) is 2.62. The van der Waals surface area contributed by atoms with Crippen LogP contribution in [0.2, 0.25) is 0 Å². The van der Waals surface area contributed by atoms with Gasteiger partial charge in [-0.15, -0.1) is 0 Å². The molecule has 1 aromatic heterocycles. The Balaban J connectivity index is 3.17. The van der Waals surface area contributed by atoms with Gasteiger partial charge in [-0.25, -0.2) is 4.79 Å². The molecule has 0 radical (unpaired) electrons. The van der Waals surface area contributed by atoms with Crippen LogP contribution in [-0.4, -0.2) is 61.6 Å². The Morgan fingerprint density at radius 3 is 2.07 bits per heavy atom. The molecule has 0 aliphatic rings. The minimum absolute atomic E-state index is 0.0112. The monoisotopic (exact) mass is 429 g/mol. The summed E-state index contributed by atoms with van der Waals surface area (Å²) in [5, 5.41) is 47.8. The van der Waals surface area contributed by atoms with Gasteiger partial charge in [-0.2, -0.15) is 4.57 Å². The van der Waals surface area contributed by atoms with Crippen molar-refractivity contribution in [3.05, 3.63) is 23.5 Å². The standard InChI is InChI=1S/C18H28N4O8/c1-18(21,17(29)30)14-9(2-4-11(19)15(25)26)6-22(8-13(14)24)7-10(23)3-5-12(20)16(27)28/h6,8,10-12,23H,2-5,7,19-21H2,1H3,(H3-,24,25,26,27,28,29,30)/p+1. The molecule has 0 saturated heterocycles. The Morgan fingerprint density at radius 1 is 1.03 bits per heavy atom. The number of hydrogen-bond donors (Lipinski definition) is 8. The third-order valence-electron chi connectivity index (χ3n) is 4.74. The summed E-state index contributed by atoms with van der Waals surface area (Å²) in [6, 6.07) is -2.33. The van der Waals surface area contributed by atoms with Crippen molar-refractivity contribution >= 4 is 17.9 Å². The van der Waals surface area contributed by atoms with E-state index >= 15 is 0 Å². The minimum Gasteiger partial charge on any atom is -0.502 e. The van der Waals surface area contributed by atoms with Gasteiger partial charge in [0.05, 0.1) is 0 Å². The molecule has 0 spiro atoms. The first-order chi connectivity index (χ1) is 13.8. The summed E-state index contributed by atoms with van der Waals surface area (Å²) in [5.41, 5.74) is 15.0. The normalized spacial score (nSPS) is 16.3. The van der Waals surface area contributed by atoms with E-state index < -0.39 is 47.4 Å². The van der Waals surface area contributed by atoms with Crippen LogP contribution in [0.15, 0.2) is 12.4 Å². The van der Waals surface area contributed by atoms with Crippen molar-refractivity contribution in [1.29, 1.82) is 0 Å². The van der Waals surface area contributed by atoms with E-state index in [1.54, 1.807) is 0 Å². The van der Waals surface area contributed by atoms with Gasteiger partial charge in [-0.05, 0) is 32.6 Å². The Morgan fingerprint density at radius 2 is 1.57 bits per heavy atom. The molecule has 1 heterocycles. The van der Waals surface area contributed by atoms with E-state index in [-0.39, 0.29) is 43.4 Å². The van der Waals surface area contributed by atoms with Crippen molar-refractivity contribution in [2.24, 2.45) is 17.2 Å². The topological polar surface area (TPSA) is 234 Å². The van der Waals surface area contributed by atoms with Crippen molar-refractivity contribution in [3.8, 4) is 5.75 Å². The number of nitrogens with two attached hydrogens (primary N) is 3. The molecule has 0 fully saturated rings. The first kappa shape index (κ1) is 25.2. The van der Waals surface area contributed by atoms with Crippen molar-refractivity contribution in [2.75, 3.05) is 0 Å². The first-order valence-electron chi connectivity index (χ1n) is 9.19. The van der Waals surface area contributed by atoms with Crippen LogP contribution in [-0.2, 0) is 32.9 Å². The van der Waals surface area contributed by atoms with Gasteiger partial charge in [0.2, 0.25) is 6.20 Å². The van der Waals surface area contributed by atoms with Crippen LogP contribution in [0.4, 0.5) is 0 Å². The van der Waals surface area contributed by atoms with Gasteiger partial charge >= 0.3 is 17.9 Å². The predicted octanol–water partition coefficient (Wildman–Crippen LogP) is -2.16. The van der Waals surface area contributed by atoms with Crippen LogP contribution < -0.4 is 21.8 Å². The molecular formula is C18H29N4O8+. The van der Waals surface area contributed by atoms with Crippen LogP contribution in [0.1, 0.15) is 37.3 Å². The lowest BCUT2D eigenvalue weighted by atomic mass is 9.87. The quantitative estimate of drug-likeness (QED) is 0.166. The summed E-state index contributed by atoms with van der Waals surface area (Å²) >= 11 is 0. The number of pyridine rings is 1. The fourth-order valence-electron chi connectivity index (χ4n) is 2.95. The van der Waals surface area contributed by atoms with E-state index in [1.807, 2.05) is 0 Å². The maximum atomic E-state index is 11.6. The number of aromatic nitrogens is 1. The smallest absolute Gasteiger partial charge is 0.328 e. The molecule has 12 nitrogen and oxygen atoms in total. The molecule has 4 unspecified atom stereocenters. The molecule has 11 N–H and O–H groups in total. The molecule has 0 amide bonds. The van der Waals surface area contributed by atoms with Gasteiger partial charge in [-0.3, -0.25) is 9.59 Å². The van der Waals surface area contributed by atoms with Crippen LogP contribution in [0.3, 0.4) is 0 Å². The van der Waals surface area contributed by atoms with Gasteiger partial charge in [0.1, 0.15) is 23.7 Å². The molecule has 168 valence electrons. The van der Waals surface area contributed by atoms with Gasteiger partial charge in [0, 0.05) is 11.1 Å². The molecule has 0 aliphatic heterocycles. The maximum Gasteiger partial charge on any atom is 0.328 e. The fraction of sp³-hybridized carbons (Fsp3) is 0.556. The number of carbonyl (C=O) groups is 3. The summed E-state index contributed by atoms with van der Waals surface area (Å²) < 4.78 is 1.38. The summed E-state index contributed by atoms with van der Waals surface area (Å²) in [6.07, 6.45) is 1.70. The van der Waals surface area contributed by atoms with Gasteiger partial charge in [0.25, 0.3) is 0 Å². The maximum absolute atomic E-state index is 11.6. The lowest BCUT2D eigenvalue weighted by Crippen LogP contribution is -2.46. The second kappa shape index (κ2) is 10.3. The predicted molar refractivity (Wildman–Crippen MR) is 102 cm³/mol. The lowest BCUT2D eigenvalue weighted by Gasteiger charge is -2.23. The minimum atomic E-state index is -1.96. The summed E-state index contributed by atoms with van der Waals surface area (Å²) in [7, 11) is 0. The molecule has 0 aliphatic carbocycles. The third kappa shape index (κ3) is 6.62. The summed E-state index contributed by atoms with van der Waals surface area (Å²) in [6.45, 7) is 1.14. The number of aryl methyl sites for hydroxylation is 1. The molecule has 12 heteroatoms. The Hall–Kier alpha value is -2.80. The number of aliphatic hydroxyl groups excluding tert-OH is 1. The molecule has 1 aromatic rings. The number of aromatic hydroxyl groups is 1. The molecule has 0 saturated carbocycles. The van der Waals surface area contributed by atoms with E-state index in [2.05, 4.69) is 0 Å².